The minimum absolute atomic E-state index is 0.0338. The molecule has 2 amide bonds. The minimum atomic E-state index is -0.610. The Kier molecular flexibility index (Phi) is 6.15. The lowest BCUT2D eigenvalue weighted by Crippen LogP contribution is -2.32. The second-order valence-corrected chi connectivity index (χ2v) is 8.02. The minimum Gasteiger partial charge on any atom is -0.325 e. The number of anilines is 2. The van der Waals surface area contributed by atoms with E-state index in [0.29, 0.717) is 18.5 Å². The second-order valence-electron chi connectivity index (χ2n) is 8.02. The van der Waals surface area contributed by atoms with E-state index in [-0.39, 0.29) is 22.9 Å². The van der Waals surface area contributed by atoms with Crippen LogP contribution in [0.3, 0.4) is 0 Å². The summed E-state index contributed by atoms with van der Waals surface area (Å²) in [6.45, 7) is 8.00. The van der Waals surface area contributed by atoms with Crippen LogP contribution < -0.4 is 10.6 Å². The number of non-ortho nitro benzene ring substituents is 1. The standard InChI is InChI=1S/C12H14N2O3.C12H15NO/c1-3-12(4-2)9-7-8(14(16)17)5-6-10(9)13-11(12)15;1-3-12(4-2)9-7-5-6-8-10(9)13-11(12)14/h5-7H,3-4H2,1-2H3,(H,13,15);5-8H,3-4H2,1-2H3,(H,13,14). The Bertz CT molecular complexity index is 1020. The van der Waals surface area contributed by atoms with Gasteiger partial charge in [-0.2, -0.15) is 0 Å². The molecule has 2 heterocycles. The van der Waals surface area contributed by atoms with Crippen LogP contribution in [0.2, 0.25) is 0 Å². The van der Waals surface area contributed by atoms with E-state index in [9.17, 15) is 19.7 Å². The van der Waals surface area contributed by atoms with Crippen molar-refractivity contribution in [1.29, 1.82) is 0 Å². The third-order valence-corrected chi connectivity index (χ3v) is 6.95. The number of carbonyl (C=O) groups is 2. The number of rotatable bonds is 5. The molecule has 4 rings (SSSR count). The fourth-order valence-electron chi connectivity index (χ4n) is 4.79. The van der Waals surface area contributed by atoms with E-state index in [1.165, 1.54) is 12.1 Å². The van der Waals surface area contributed by atoms with Crippen LogP contribution in [0, 0.1) is 10.1 Å². The largest absolute Gasteiger partial charge is 0.325 e. The summed E-state index contributed by atoms with van der Waals surface area (Å²) in [5.74, 6) is 0.0988. The highest BCUT2D eigenvalue weighted by atomic mass is 16.6. The summed E-state index contributed by atoms with van der Waals surface area (Å²) in [6.07, 6.45) is 3.02. The monoisotopic (exact) mass is 423 g/mol. The van der Waals surface area contributed by atoms with Crippen LogP contribution in [0.5, 0.6) is 0 Å². The van der Waals surface area contributed by atoms with Gasteiger partial charge in [0.1, 0.15) is 0 Å². The summed E-state index contributed by atoms with van der Waals surface area (Å²) < 4.78 is 0. The number of para-hydroxylation sites is 1. The molecule has 31 heavy (non-hydrogen) atoms. The van der Waals surface area contributed by atoms with Crippen LogP contribution in [0.1, 0.15) is 64.5 Å². The predicted molar refractivity (Wildman–Crippen MR) is 121 cm³/mol. The summed E-state index contributed by atoms with van der Waals surface area (Å²) in [6, 6.07) is 12.5. The van der Waals surface area contributed by atoms with Gasteiger partial charge in [-0.25, -0.2) is 0 Å². The maximum Gasteiger partial charge on any atom is 0.269 e. The van der Waals surface area contributed by atoms with E-state index < -0.39 is 10.3 Å². The van der Waals surface area contributed by atoms with Crippen LogP contribution >= 0.6 is 0 Å². The van der Waals surface area contributed by atoms with Crippen molar-refractivity contribution in [2.45, 2.75) is 64.2 Å². The molecule has 2 aromatic rings. The molecule has 2 aromatic carbocycles. The lowest BCUT2D eigenvalue weighted by molar-refractivity contribution is -0.384. The van der Waals surface area contributed by atoms with Gasteiger partial charge in [0, 0.05) is 23.5 Å². The lowest BCUT2D eigenvalue weighted by atomic mass is 9.77. The number of carbonyl (C=O) groups excluding carboxylic acids is 2. The molecule has 164 valence electrons. The van der Waals surface area contributed by atoms with Gasteiger partial charge in [-0.1, -0.05) is 45.9 Å². The van der Waals surface area contributed by atoms with Crippen LogP contribution in [-0.2, 0) is 20.4 Å². The van der Waals surface area contributed by atoms with Crippen molar-refractivity contribution in [1.82, 2.24) is 0 Å². The molecule has 0 aromatic heterocycles. The van der Waals surface area contributed by atoms with Gasteiger partial charge in [0.15, 0.2) is 0 Å². The molecule has 2 aliphatic rings. The SMILES string of the molecule is CCC1(CC)C(=O)Nc2ccc([N+](=O)[O-])cc21.CCC1(CC)C(=O)Nc2ccccc21. The average molecular weight is 424 g/mol. The summed E-state index contributed by atoms with van der Waals surface area (Å²) >= 11 is 0. The molecule has 0 bridgehead atoms. The zero-order valence-corrected chi connectivity index (χ0v) is 18.5. The number of nitrogens with one attached hydrogen (secondary N) is 2. The van der Waals surface area contributed by atoms with Gasteiger partial charge in [0.2, 0.25) is 11.8 Å². The first-order valence-electron chi connectivity index (χ1n) is 10.8. The van der Waals surface area contributed by atoms with E-state index in [2.05, 4.69) is 30.5 Å². The summed E-state index contributed by atoms with van der Waals surface area (Å²) in [5, 5.41) is 16.5. The number of benzene rings is 2. The Hall–Kier alpha value is -3.22. The molecule has 7 nitrogen and oxygen atoms in total. The highest BCUT2D eigenvalue weighted by Crippen LogP contribution is 2.44. The van der Waals surface area contributed by atoms with Crippen molar-refractivity contribution in [2.75, 3.05) is 10.6 Å². The van der Waals surface area contributed by atoms with E-state index in [1.807, 2.05) is 32.0 Å². The molecule has 0 spiro atoms. The molecule has 0 radical (unpaired) electrons. The maximum absolute atomic E-state index is 12.0. The van der Waals surface area contributed by atoms with Gasteiger partial charge in [-0.15, -0.1) is 0 Å². The molecule has 2 aliphatic heterocycles. The van der Waals surface area contributed by atoms with Crippen LogP contribution in [0.25, 0.3) is 0 Å². The van der Waals surface area contributed by atoms with Gasteiger partial charge in [-0.3, -0.25) is 19.7 Å². The van der Waals surface area contributed by atoms with Crippen molar-refractivity contribution >= 4 is 28.9 Å². The predicted octanol–water partition coefficient (Wildman–Crippen LogP) is 5.30. The van der Waals surface area contributed by atoms with E-state index >= 15 is 0 Å². The quantitative estimate of drug-likeness (QED) is 0.503. The Balaban J connectivity index is 0.000000179. The van der Waals surface area contributed by atoms with Crippen molar-refractivity contribution in [3.05, 3.63) is 63.7 Å². The fourth-order valence-corrected chi connectivity index (χ4v) is 4.79. The Labute approximate surface area is 182 Å². The van der Waals surface area contributed by atoms with Gasteiger partial charge in [-0.05, 0) is 48.9 Å². The third-order valence-electron chi connectivity index (χ3n) is 6.95. The molecule has 0 fully saturated rings. The molecular formula is C24H29N3O4. The normalized spacial score (nSPS) is 17.0. The molecule has 0 aliphatic carbocycles. The topological polar surface area (TPSA) is 101 Å². The van der Waals surface area contributed by atoms with E-state index in [1.54, 1.807) is 6.07 Å². The van der Waals surface area contributed by atoms with Crippen molar-refractivity contribution < 1.29 is 14.5 Å². The van der Waals surface area contributed by atoms with E-state index in [4.69, 9.17) is 0 Å². The number of nitro groups is 1. The molecule has 7 heteroatoms. The number of fused-ring (bicyclic) bond motifs is 2. The number of nitrogens with zero attached hydrogens (tertiary/aromatic N) is 1. The van der Waals surface area contributed by atoms with Crippen molar-refractivity contribution in [2.24, 2.45) is 0 Å². The molecule has 0 unspecified atom stereocenters. The van der Waals surface area contributed by atoms with Crippen molar-refractivity contribution in [3.8, 4) is 0 Å². The zero-order valence-electron chi connectivity index (χ0n) is 18.5. The number of nitro benzene ring substituents is 1. The summed E-state index contributed by atoms with van der Waals surface area (Å²) in [5.41, 5.74) is 2.74. The fraction of sp³-hybridized carbons (Fsp3) is 0.417. The average Bonchev–Trinajstić information content (AvgIpc) is 3.23. The lowest BCUT2D eigenvalue weighted by Gasteiger charge is -2.23. The first-order chi connectivity index (χ1) is 14.8. The van der Waals surface area contributed by atoms with Crippen LogP contribution in [-0.4, -0.2) is 16.7 Å². The first kappa shape index (κ1) is 22.5. The number of hydrogen-bond donors (Lipinski definition) is 2. The van der Waals surface area contributed by atoms with Crippen LogP contribution in [0.15, 0.2) is 42.5 Å². The first-order valence-corrected chi connectivity index (χ1v) is 10.8. The van der Waals surface area contributed by atoms with Crippen LogP contribution in [0.4, 0.5) is 17.1 Å². The maximum atomic E-state index is 12.0. The highest BCUT2D eigenvalue weighted by Gasteiger charge is 2.45. The van der Waals surface area contributed by atoms with Crippen molar-refractivity contribution in [3.63, 3.8) is 0 Å². The van der Waals surface area contributed by atoms with Gasteiger partial charge in [0.05, 0.1) is 15.8 Å². The van der Waals surface area contributed by atoms with Gasteiger partial charge < -0.3 is 10.6 Å². The zero-order chi connectivity index (χ0) is 22.8. The number of amides is 2. The molecular weight excluding hydrogens is 394 g/mol. The Morgan fingerprint density at radius 3 is 1.77 bits per heavy atom. The Morgan fingerprint density at radius 2 is 1.26 bits per heavy atom. The molecule has 2 N–H and O–H groups in total. The molecule has 0 saturated heterocycles. The smallest absolute Gasteiger partial charge is 0.269 e. The summed E-state index contributed by atoms with van der Waals surface area (Å²) in [4.78, 5) is 34.3. The molecule has 0 saturated carbocycles. The van der Waals surface area contributed by atoms with Gasteiger partial charge >= 0.3 is 0 Å². The third kappa shape index (κ3) is 3.48. The summed E-state index contributed by atoms with van der Waals surface area (Å²) in [7, 11) is 0. The van der Waals surface area contributed by atoms with E-state index in [0.717, 1.165) is 29.7 Å². The Morgan fingerprint density at radius 1 is 0.774 bits per heavy atom. The highest BCUT2D eigenvalue weighted by molar-refractivity contribution is 6.07. The number of hydrogen-bond acceptors (Lipinski definition) is 4. The second kappa shape index (κ2) is 8.49. The van der Waals surface area contributed by atoms with Gasteiger partial charge in [0.25, 0.3) is 5.69 Å². The molecule has 0 atom stereocenters.